The van der Waals surface area contributed by atoms with Gasteiger partial charge in [0.15, 0.2) is 0 Å². The molecular formula is C15H29N3O2. The van der Waals surface area contributed by atoms with Crippen LogP contribution in [-0.4, -0.2) is 60.4 Å². The minimum atomic E-state index is -0.00663. The van der Waals surface area contributed by atoms with E-state index in [0.717, 1.165) is 25.8 Å². The Morgan fingerprint density at radius 2 is 1.95 bits per heavy atom. The lowest BCUT2D eigenvalue weighted by Crippen LogP contribution is -2.49. The van der Waals surface area contributed by atoms with Crippen molar-refractivity contribution in [3.05, 3.63) is 0 Å². The monoisotopic (exact) mass is 283 g/mol. The van der Waals surface area contributed by atoms with Gasteiger partial charge in [-0.25, -0.2) is 0 Å². The SMILES string of the molecule is CCNC(=O)CN(CC)CC(=O)N1CCCCC1CC. The minimum Gasteiger partial charge on any atom is -0.355 e. The molecule has 5 heteroatoms. The highest BCUT2D eigenvalue weighted by molar-refractivity contribution is 5.81. The summed E-state index contributed by atoms with van der Waals surface area (Å²) in [6, 6.07) is 0.388. The molecule has 0 aromatic carbocycles. The standard InChI is InChI=1S/C15H29N3O2/c1-4-13-9-7-8-10-18(13)15(20)12-17(6-3)11-14(19)16-5-2/h13H,4-12H2,1-3H3,(H,16,19). The van der Waals surface area contributed by atoms with Gasteiger partial charge >= 0.3 is 0 Å². The van der Waals surface area contributed by atoms with Crippen LogP contribution in [0.3, 0.4) is 0 Å². The molecule has 0 saturated carbocycles. The Labute approximate surface area is 122 Å². The Kier molecular flexibility index (Phi) is 7.59. The number of rotatable bonds is 7. The van der Waals surface area contributed by atoms with E-state index in [9.17, 15) is 9.59 Å². The van der Waals surface area contributed by atoms with Crippen LogP contribution in [0.5, 0.6) is 0 Å². The summed E-state index contributed by atoms with van der Waals surface area (Å²) in [5.74, 6) is 0.163. The van der Waals surface area contributed by atoms with Crippen LogP contribution in [0.25, 0.3) is 0 Å². The molecule has 0 aromatic rings. The average molecular weight is 283 g/mol. The molecular weight excluding hydrogens is 254 g/mol. The molecule has 0 spiro atoms. The Morgan fingerprint density at radius 1 is 1.20 bits per heavy atom. The Hall–Kier alpha value is -1.10. The first kappa shape index (κ1) is 17.0. The van der Waals surface area contributed by atoms with Crippen molar-refractivity contribution >= 4 is 11.8 Å². The lowest BCUT2D eigenvalue weighted by atomic mass is 10.00. The van der Waals surface area contributed by atoms with Crippen LogP contribution < -0.4 is 5.32 Å². The van der Waals surface area contributed by atoms with Crippen molar-refractivity contribution in [1.82, 2.24) is 15.1 Å². The van der Waals surface area contributed by atoms with Gasteiger partial charge in [0, 0.05) is 19.1 Å². The quantitative estimate of drug-likeness (QED) is 0.765. The van der Waals surface area contributed by atoms with E-state index in [4.69, 9.17) is 0 Å². The molecule has 1 aliphatic rings. The topological polar surface area (TPSA) is 52.7 Å². The molecule has 1 N–H and O–H groups in total. The average Bonchev–Trinajstić information content (AvgIpc) is 2.46. The third-order valence-corrected chi connectivity index (χ3v) is 3.97. The van der Waals surface area contributed by atoms with Crippen molar-refractivity contribution in [1.29, 1.82) is 0 Å². The number of likely N-dealkylation sites (N-methyl/N-ethyl adjacent to an activating group) is 2. The number of nitrogens with one attached hydrogen (secondary N) is 1. The van der Waals surface area contributed by atoms with E-state index in [1.165, 1.54) is 6.42 Å². The lowest BCUT2D eigenvalue weighted by molar-refractivity contribution is -0.136. The second-order valence-electron chi connectivity index (χ2n) is 5.40. The summed E-state index contributed by atoms with van der Waals surface area (Å²) in [5, 5.41) is 2.78. The molecule has 1 fully saturated rings. The van der Waals surface area contributed by atoms with Crippen molar-refractivity contribution in [3.63, 3.8) is 0 Å². The van der Waals surface area contributed by atoms with Gasteiger partial charge in [-0.3, -0.25) is 14.5 Å². The van der Waals surface area contributed by atoms with Crippen molar-refractivity contribution < 1.29 is 9.59 Å². The van der Waals surface area contributed by atoms with Crippen molar-refractivity contribution in [2.24, 2.45) is 0 Å². The van der Waals surface area contributed by atoms with Gasteiger partial charge in [-0.1, -0.05) is 13.8 Å². The largest absolute Gasteiger partial charge is 0.355 e. The fourth-order valence-electron chi connectivity index (χ4n) is 2.77. The maximum absolute atomic E-state index is 12.4. The van der Waals surface area contributed by atoms with Crippen molar-refractivity contribution in [2.75, 3.05) is 32.7 Å². The summed E-state index contributed by atoms with van der Waals surface area (Å²) >= 11 is 0. The lowest BCUT2D eigenvalue weighted by Gasteiger charge is -2.36. The Balaban J connectivity index is 2.50. The van der Waals surface area contributed by atoms with Crippen LogP contribution in [0, 0.1) is 0 Å². The summed E-state index contributed by atoms with van der Waals surface area (Å²) in [6.07, 6.45) is 4.46. The highest BCUT2D eigenvalue weighted by Crippen LogP contribution is 2.19. The predicted octanol–water partition coefficient (Wildman–Crippen LogP) is 1.24. The van der Waals surface area contributed by atoms with E-state index in [2.05, 4.69) is 12.2 Å². The van der Waals surface area contributed by atoms with Crippen molar-refractivity contribution in [3.8, 4) is 0 Å². The molecule has 1 unspecified atom stereocenters. The maximum atomic E-state index is 12.4. The molecule has 1 aliphatic heterocycles. The number of piperidine rings is 1. The van der Waals surface area contributed by atoms with E-state index in [1.54, 1.807) is 0 Å². The summed E-state index contributed by atoms with van der Waals surface area (Å²) in [6.45, 7) is 8.91. The number of amides is 2. The fraction of sp³-hybridized carbons (Fsp3) is 0.867. The molecule has 1 heterocycles. The zero-order valence-corrected chi connectivity index (χ0v) is 13.2. The van der Waals surface area contributed by atoms with Crippen LogP contribution in [0.15, 0.2) is 0 Å². The van der Waals surface area contributed by atoms with Gasteiger partial charge in [-0.05, 0) is 39.2 Å². The van der Waals surface area contributed by atoms with Gasteiger partial charge in [0.05, 0.1) is 13.1 Å². The van der Waals surface area contributed by atoms with Gasteiger partial charge in [0.25, 0.3) is 0 Å². The first-order valence-corrected chi connectivity index (χ1v) is 7.90. The van der Waals surface area contributed by atoms with Gasteiger partial charge < -0.3 is 10.2 Å². The molecule has 0 radical (unpaired) electrons. The van der Waals surface area contributed by atoms with E-state index >= 15 is 0 Å². The van der Waals surface area contributed by atoms with Gasteiger partial charge in [0.2, 0.25) is 11.8 Å². The molecule has 1 saturated heterocycles. The molecule has 1 atom stereocenters. The number of hydrogen-bond acceptors (Lipinski definition) is 3. The normalized spacial score (nSPS) is 19.2. The molecule has 1 rings (SSSR count). The predicted molar refractivity (Wildman–Crippen MR) is 80.4 cm³/mol. The summed E-state index contributed by atoms with van der Waals surface area (Å²) in [5.41, 5.74) is 0. The number of carbonyl (C=O) groups excluding carboxylic acids is 2. The molecule has 116 valence electrons. The van der Waals surface area contributed by atoms with Crippen LogP contribution in [-0.2, 0) is 9.59 Å². The van der Waals surface area contributed by atoms with Crippen molar-refractivity contribution in [2.45, 2.75) is 52.5 Å². The van der Waals surface area contributed by atoms with Crippen LogP contribution >= 0.6 is 0 Å². The second-order valence-corrected chi connectivity index (χ2v) is 5.40. The third-order valence-electron chi connectivity index (χ3n) is 3.97. The zero-order valence-electron chi connectivity index (χ0n) is 13.2. The Morgan fingerprint density at radius 3 is 2.55 bits per heavy atom. The molecule has 20 heavy (non-hydrogen) atoms. The Bertz CT molecular complexity index is 320. The smallest absolute Gasteiger partial charge is 0.237 e. The van der Waals surface area contributed by atoms with Gasteiger partial charge in [-0.15, -0.1) is 0 Å². The van der Waals surface area contributed by atoms with Gasteiger partial charge in [0.1, 0.15) is 0 Å². The number of carbonyl (C=O) groups is 2. The highest BCUT2D eigenvalue weighted by Gasteiger charge is 2.26. The van der Waals surface area contributed by atoms with E-state index in [0.29, 0.717) is 32.2 Å². The molecule has 5 nitrogen and oxygen atoms in total. The number of hydrogen-bond donors (Lipinski definition) is 1. The summed E-state index contributed by atoms with van der Waals surface area (Å²) in [4.78, 5) is 28.0. The van der Waals surface area contributed by atoms with E-state index in [-0.39, 0.29) is 11.8 Å². The maximum Gasteiger partial charge on any atom is 0.237 e. The molecule has 0 aliphatic carbocycles. The van der Waals surface area contributed by atoms with Gasteiger partial charge in [-0.2, -0.15) is 0 Å². The minimum absolute atomic E-state index is 0.00663. The number of likely N-dealkylation sites (tertiary alicyclic amines) is 1. The first-order chi connectivity index (χ1) is 9.62. The van der Waals surface area contributed by atoms with E-state index < -0.39 is 0 Å². The molecule has 0 aromatic heterocycles. The first-order valence-electron chi connectivity index (χ1n) is 7.90. The zero-order chi connectivity index (χ0) is 15.0. The van der Waals surface area contributed by atoms with Crippen LogP contribution in [0.2, 0.25) is 0 Å². The van der Waals surface area contributed by atoms with Crippen LogP contribution in [0.4, 0.5) is 0 Å². The van der Waals surface area contributed by atoms with E-state index in [1.807, 2.05) is 23.6 Å². The summed E-state index contributed by atoms with van der Waals surface area (Å²) < 4.78 is 0. The summed E-state index contributed by atoms with van der Waals surface area (Å²) in [7, 11) is 0. The highest BCUT2D eigenvalue weighted by atomic mass is 16.2. The molecule has 0 bridgehead atoms. The fourth-order valence-corrected chi connectivity index (χ4v) is 2.77. The second kappa shape index (κ2) is 8.95. The number of nitrogens with zero attached hydrogens (tertiary/aromatic N) is 2. The third kappa shape index (κ3) is 5.12. The molecule has 2 amide bonds. The van der Waals surface area contributed by atoms with Crippen LogP contribution in [0.1, 0.15) is 46.5 Å².